The van der Waals surface area contributed by atoms with Gasteiger partial charge in [0.1, 0.15) is 5.52 Å². The molecule has 3 nitrogen and oxygen atoms in total. The van der Waals surface area contributed by atoms with E-state index in [1.54, 1.807) is 6.07 Å². The monoisotopic (exact) mass is 366 g/mol. The van der Waals surface area contributed by atoms with E-state index >= 15 is 0 Å². The van der Waals surface area contributed by atoms with Crippen molar-refractivity contribution in [3.05, 3.63) is 45.3 Å². The Labute approximate surface area is 120 Å². The van der Waals surface area contributed by atoms with E-state index in [2.05, 4.69) is 36.8 Å². The maximum absolute atomic E-state index is 5.72. The van der Waals surface area contributed by atoms with Gasteiger partial charge in [-0.2, -0.15) is 0 Å². The maximum atomic E-state index is 5.72. The average Bonchev–Trinajstić information content (AvgIpc) is 2.71. The highest BCUT2D eigenvalue weighted by Gasteiger charge is 2.11. The zero-order valence-electron chi connectivity index (χ0n) is 9.15. The fourth-order valence-electron chi connectivity index (χ4n) is 1.72. The highest BCUT2D eigenvalue weighted by atomic mass is 79.9. The van der Waals surface area contributed by atoms with Crippen molar-refractivity contribution in [1.29, 1.82) is 0 Å². The summed E-state index contributed by atoms with van der Waals surface area (Å²) < 4.78 is 7.65. The van der Waals surface area contributed by atoms with Crippen molar-refractivity contribution in [2.45, 2.75) is 0 Å². The molecule has 0 bridgehead atoms. The Morgan fingerprint density at radius 1 is 1.06 bits per heavy atom. The zero-order chi connectivity index (χ0) is 12.7. The Morgan fingerprint density at radius 3 is 2.67 bits per heavy atom. The van der Waals surface area contributed by atoms with Crippen molar-refractivity contribution in [1.82, 2.24) is 4.98 Å². The highest BCUT2D eigenvalue weighted by molar-refractivity contribution is 9.11. The minimum Gasteiger partial charge on any atom is -0.436 e. The van der Waals surface area contributed by atoms with Crippen LogP contribution in [0.15, 0.2) is 49.8 Å². The van der Waals surface area contributed by atoms with Gasteiger partial charge in [-0.05, 0) is 46.3 Å². The molecule has 0 amide bonds. The van der Waals surface area contributed by atoms with Crippen LogP contribution in [-0.2, 0) is 0 Å². The molecule has 0 unspecified atom stereocenters. The normalized spacial score (nSPS) is 11.0. The Balaban J connectivity index is 2.19. The lowest BCUT2D eigenvalue weighted by Gasteiger charge is -1.99. The summed E-state index contributed by atoms with van der Waals surface area (Å²) in [5, 5.41) is 0. The molecule has 5 heteroatoms. The van der Waals surface area contributed by atoms with Crippen LogP contribution in [0.1, 0.15) is 0 Å². The number of oxazole rings is 1. The number of nitrogens with zero attached hydrogens (tertiary/aromatic N) is 1. The molecule has 2 N–H and O–H groups in total. The van der Waals surface area contributed by atoms with E-state index in [-0.39, 0.29) is 0 Å². The number of benzene rings is 2. The summed E-state index contributed by atoms with van der Waals surface area (Å²) in [6.07, 6.45) is 0. The average molecular weight is 368 g/mol. The highest BCUT2D eigenvalue weighted by Crippen LogP contribution is 2.32. The smallest absolute Gasteiger partial charge is 0.228 e. The fraction of sp³-hybridized carbons (Fsp3) is 0. The van der Waals surface area contributed by atoms with Gasteiger partial charge in [0.2, 0.25) is 5.89 Å². The Morgan fingerprint density at radius 2 is 1.89 bits per heavy atom. The third-order valence-electron chi connectivity index (χ3n) is 2.57. The molecule has 0 saturated heterocycles. The largest absolute Gasteiger partial charge is 0.436 e. The molecule has 3 rings (SSSR count). The van der Waals surface area contributed by atoms with E-state index < -0.39 is 0 Å². The Bertz CT molecular complexity index is 737. The molecule has 0 atom stereocenters. The molecule has 2 aromatic carbocycles. The molecule has 3 aromatic rings. The molecule has 0 aliphatic heterocycles. The van der Waals surface area contributed by atoms with Crippen LogP contribution in [0.5, 0.6) is 0 Å². The second-order valence-corrected chi connectivity index (χ2v) is 5.64. The molecule has 0 aliphatic carbocycles. The second-order valence-electron chi connectivity index (χ2n) is 3.87. The maximum Gasteiger partial charge on any atom is 0.228 e. The third kappa shape index (κ3) is 2.04. The number of hydrogen-bond acceptors (Lipinski definition) is 3. The summed E-state index contributed by atoms with van der Waals surface area (Å²) >= 11 is 6.92. The van der Waals surface area contributed by atoms with Crippen molar-refractivity contribution in [3.8, 4) is 11.5 Å². The van der Waals surface area contributed by atoms with Crippen LogP contribution in [0.3, 0.4) is 0 Å². The summed E-state index contributed by atoms with van der Waals surface area (Å²) in [7, 11) is 0. The van der Waals surface area contributed by atoms with Gasteiger partial charge in [0.15, 0.2) is 5.58 Å². The molecule has 0 saturated carbocycles. The molecule has 1 heterocycles. The van der Waals surface area contributed by atoms with E-state index in [1.807, 2.05) is 30.3 Å². The fourth-order valence-corrected chi connectivity index (χ4v) is 2.94. The number of rotatable bonds is 1. The minimum absolute atomic E-state index is 0.579. The number of anilines is 1. The van der Waals surface area contributed by atoms with Gasteiger partial charge in [-0.15, -0.1) is 0 Å². The number of hydrogen-bond donors (Lipinski definition) is 1. The first-order valence-electron chi connectivity index (χ1n) is 5.25. The van der Waals surface area contributed by atoms with Crippen molar-refractivity contribution in [2.75, 3.05) is 5.73 Å². The van der Waals surface area contributed by atoms with Gasteiger partial charge in [0.25, 0.3) is 0 Å². The van der Waals surface area contributed by atoms with E-state index in [0.717, 1.165) is 20.0 Å². The number of nitrogen functional groups attached to an aromatic ring is 1. The lowest BCUT2D eigenvalue weighted by atomic mass is 10.2. The first-order valence-corrected chi connectivity index (χ1v) is 6.83. The van der Waals surface area contributed by atoms with Gasteiger partial charge >= 0.3 is 0 Å². The molecular formula is C13H8Br2N2O. The summed E-state index contributed by atoms with van der Waals surface area (Å²) in [4.78, 5) is 4.45. The molecule has 0 fully saturated rings. The predicted octanol–water partition coefficient (Wildman–Crippen LogP) is 4.60. The molecule has 18 heavy (non-hydrogen) atoms. The first kappa shape index (κ1) is 11.7. The summed E-state index contributed by atoms with van der Waals surface area (Å²) in [6, 6.07) is 11.3. The van der Waals surface area contributed by atoms with E-state index in [1.165, 1.54) is 0 Å². The van der Waals surface area contributed by atoms with Crippen LogP contribution in [0.4, 0.5) is 5.69 Å². The van der Waals surface area contributed by atoms with Gasteiger partial charge in [-0.3, -0.25) is 0 Å². The van der Waals surface area contributed by atoms with Crippen LogP contribution in [0.25, 0.3) is 22.6 Å². The molecule has 90 valence electrons. The van der Waals surface area contributed by atoms with Crippen LogP contribution in [0.2, 0.25) is 0 Å². The summed E-state index contributed by atoms with van der Waals surface area (Å²) in [6.45, 7) is 0. The Kier molecular flexibility index (Phi) is 2.87. The molecule has 0 spiro atoms. The molecule has 0 aliphatic rings. The molecule has 0 radical (unpaired) electrons. The van der Waals surface area contributed by atoms with Crippen LogP contribution >= 0.6 is 31.9 Å². The SMILES string of the molecule is Nc1ccc2nc(-c3ccc(Br)cc3Br)oc2c1. The predicted molar refractivity (Wildman–Crippen MR) is 79.3 cm³/mol. The zero-order valence-corrected chi connectivity index (χ0v) is 12.3. The lowest BCUT2D eigenvalue weighted by Crippen LogP contribution is -1.81. The van der Waals surface area contributed by atoms with E-state index in [0.29, 0.717) is 17.2 Å². The topological polar surface area (TPSA) is 52.0 Å². The van der Waals surface area contributed by atoms with Crippen LogP contribution < -0.4 is 5.73 Å². The summed E-state index contributed by atoms with van der Waals surface area (Å²) in [5.74, 6) is 0.579. The number of nitrogens with two attached hydrogens (primary N) is 1. The van der Waals surface area contributed by atoms with E-state index in [4.69, 9.17) is 10.2 Å². The van der Waals surface area contributed by atoms with Gasteiger partial charge < -0.3 is 10.2 Å². The number of halogens is 2. The quantitative estimate of drug-likeness (QED) is 0.639. The molecular weight excluding hydrogens is 360 g/mol. The van der Waals surface area contributed by atoms with Crippen LogP contribution in [0, 0.1) is 0 Å². The minimum atomic E-state index is 0.579. The van der Waals surface area contributed by atoms with Gasteiger partial charge in [-0.25, -0.2) is 4.98 Å². The third-order valence-corrected chi connectivity index (χ3v) is 3.72. The standard InChI is InChI=1S/C13H8Br2N2O/c14-7-1-3-9(10(15)5-7)13-17-11-4-2-8(16)6-12(11)18-13/h1-6H,16H2. The van der Waals surface area contributed by atoms with Crippen molar-refractivity contribution >= 4 is 48.6 Å². The van der Waals surface area contributed by atoms with E-state index in [9.17, 15) is 0 Å². The first-order chi connectivity index (χ1) is 8.63. The van der Waals surface area contributed by atoms with Gasteiger partial charge in [0.05, 0.1) is 5.56 Å². The Hall–Kier alpha value is -1.33. The van der Waals surface area contributed by atoms with Crippen molar-refractivity contribution in [3.63, 3.8) is 0 Å². The van der Waals surface area contributed by atoms with Crippen molar-refractivity contribution < 1.29 is 4.42 Å². The lowest BCUT2D eigenvalue weighted by molar-refractivity contribution is 0.619. The number of fused-ring (bicyclic) bond motifs is 1. The summed E-state index contributed by atoms with van der Waals surface area (Å²) in [5.41, 5.74) is 8.79. The van der Waals surface area contributed by atoms with Gasteiger partial charge in [-0.1, -0.05) is 15.9 Å². The van der Waals surface area contributed by atoms with Gasteiger partial charge in [0, 0.05) is 20.7 Å². The van der Waals surface area contributed by atoms with Crippen molar-refractivity contribution in [2.24, 2.45) is 0 Å². The molecule has 1 aromatic heterocycles. The number of aromatic nitrogens is 1. The van der Waals surface area contributed by atoms with Crippen LogP contribution in [-0.4, -0.2) is 4.98 Å². The second kappa shape index (κ2) is 4.40.